The van der Waals surface area contributed by atoms with Crippen LogP contribution in [0.4, 0.5) is 5.82 Å². The standard InChI is InChI=1S/C6H7N3O5/c10-4(6(11)12)1-3-2-5(8-7-3)9(13)14/h2,4,10H,1H2,(H,7,8)(H,11,12). The predicted molar refractivity (Wildman–Crippen MR) is 42.6 cm³/mol. The maximum atomic E-state index is 10.2. The number of carboxylic acid groups (broad SMARTS) is 1. The van der Waals surface area contributed by atoms with Crippen molar-refractivity contribution in [2.45, 2.75) is 12.5 Å². The molecule has 1 aromatic heterocycles. The van der Waals surface area contributed by atoms with E-state index in [4.69, 9.17) is 10.2 Å². The van der Waals surface area contributed by atoms with Gasteiger partial charge in [0.25, 0.3) is 0 Å². The first-order chi connectivity index (χ1) is 6.50. The number of rotatable bonds is 4. The highest BCUT2D eigenvalue weighted by Crippen LogP contribution is 2.09. The molecule has 0 amide bonds. The quantitative estimate of drug-likeness (QED) is 0.436. The second kappa shape index (κ2) is 3.83. The van der Waals surface area contributed by atoms with Crippen LogP contribution in [0.3, 0.4) is 0 Å². The molecule has 0 aromatic carbocycles. The van der Waals surface area contributed by atoms with Crippen LogP contribution >= 0.6 is 0 Å². The van der Waals surface area contributed by atoms with Gasteiger partial charge in [-0.05, 0) is 4.92 Å². The van der Waals surface area contributed by atoms with Crippen molar-refractivity contribution in [2.24, 2.45) is 0 Å². The Balaban J connectivity index is 2.69. The largest absolute Gasteiger partial charge is 0.479 e. The van der Waals surface area contributed by atoms with Gasteiger partial charge in [0.05, 0.1) is 11.8 Å². The van der Waals surface area contributed by atoms with Crippen LogP contribution in [0.5, 0.6) is 0 Å². The number of carbonyl (C=O) groups is 1. The number of nitro groups is 1. The van der Waals surface area contributed by atoms with Gasteiger partial charge in [-0.1, -0.05) is 5.10 Å². The fraction of sp³-hybridized carbons (Fsp3) is 0.333. The summed E-state index contributed by atoms with van der Waals surface area (Å²) in [4.78, 5) is 19.7. The van der Waals surface area contributed by atoms with Crippen molar-refractivity contribution in [2.75, 3.05) is 0 Å². The van der Waals surface area contributed by atoms with E-state index in [0.717, 1.165) is 6.07 Å². The van der Waals surface area contributed by atoms with E-state index >= 15 is 0 Å². The number of hydrogen-bond donors (Lipinski definition) is 3. The zero-order valence-electron chi connectivity index (χ0n) is 6.88. The topological polar surface area (TPSA) is 129 Å². The molecule has 0 aliphatic rings. The van der Waals surface area contributed by atoms with Crippen LogP contribution < -0.4 is 0 Å². The van der Waals surface area contributed by atoms with E-state index in [1.54, 1.807) is 0 Å². The lowest BCUT2D eigenvalue weighted by molar-refractivity contribution is -0.389. The Morgan fingerprint density at radius 3 is 2.86 bits per heavy atom. The molecule has 1 atom stereocenters. The van der Waals surface area contributed by atoms with E-state index in [-0.39, 0.29) is 17.9 Å². The van der Waals surface area contributed by atoms with Crippen LogP contribution in [0.15, 0.2) is 6.07 Å². The Labute approximate surface area is 77.3 Å². The lowest BCUT2D eigenvalue weighted by atomic mass is 10.2. The fourth-order valence-electron chi connectivity index (χ4n) is 0.835. The first-order valence-electron chi connectivity index (χ1n) is 3.60. The average Bonchev–Trinajstić information content (AvgIpc) is 2.52. The highest BCUT2D eigenvalue weighted by molar-refractivity contribution is 5.72. The number of aliphatic hydroxyl groups is 1. The van der Waals surface area contributed by atoms with Crippen molar-refractivity contribution in [3.8, 4) is 0 Å². The van der Waals surface area contributed by atoms with Gasteiger partial charge in [-0.3, -0.25) is 0 Å². The van der Waals surface area contributed by atoms with Gasteiger partial charge in [0.2, 0.25) is 0 Å². The molecular weight excluding hydrogens is 194 g/mol. The van der Waals surface area contributed by atoms with Crippen LogP contribution in [0, 0.1) is 10.1 Å². The van der Waals surface area contributed by atoms with E-state index in [9.17, 15) is 14.9 Å². The molecule has 0 bridgehead atoms. The van der Waals surface area contributed by atoms with Crippen LogP contribution in [0.1, 0.15) is 5.69 Å². The minimum Gasteiger partial charge on any atom is -0.479 e. The Kier molecular flexibility index (Phi) is 2.77. The number of aliphatic carboxylic acids is 1. The third-order valence-corrected chi connectivity index (χ3v) is 1.50. The number of aromatic nitrogens is 2. The van der Waals surface area contributed by atoms with Gasteiger partial charge in [0.1, 0.15) is 0 Å². The van der Waals surface area contributed by atoms with Crippen molar-refractivity contribution in [1.29, 1.82) is 0 Å². The number of nitrogens with zero attached hydrogens (tertiary/aromatic N) is 2. The Hall–Kier alpha value is -1.96. The summed E-state index contributed by atoms with van der Waals surface area (Å²) in [6.07, 6.45) is -1.86. The number of aliphatic hydroxyl groups excluding tert-OH is 1. The number of H-pyrrole nitrogens is 1. The molecule has 0 saturated carbocycles. The number of nitrogens with one attached hydrogen (secondary N) is 1. The van der Waals surface area contributed by atoms with Crippen molar-refractivity contribution in [1.82, 2.24) is 10.2 Å². The van der Waals surface area contributed by atoms with Crippen molar-refractivity contribution < 1.29 is 19.9 Å². The Morgan fingerprint density at radius 1 is 1.79 bits per heavy atom. The molecule has 0 radical (unpaired) electrons. The van der Waals surface area contributed by atoms with Crippen LogP contribution in [-0.2, 0) is 11.2 Å². The summed E-state index contributed by atoms with van der Waals surface area (Å²) in [6, 6.07) is 1.08. The predicted octanol–water partition coefficient (Wildman–Crippen LogP) is -0.694. The molecule has 1 heterocycles. The minimum absolute atomic E-state index is 0.131. The molecule has 1 unspecified atom stereocenters. The molecular formula is C6H7N3O5. The summed E-state index contributed by atoms with van der Waals surface area (Å²) >= 11 is 0. The average molecular weight is 201 g/mol. The third-order valence-electron chi connectivity index (χ3n) is 1.50. The van der Waals surface area contributed by atoms with Gasteiger partial charge < -0.3 is 20.3 Å². The SMILES string of the molecule is O=C(O)C(O)Cc1cc([N+](=O)[O-])[nH]n1. The monoisotopic (exact) mass is 201 g/mol. The van der Waals surface area contributed by atoms with E-state index in [1.165, 1.54) is 0 Å². The molecule has 1 aromatic rings. The normalized spacial score (nSPS) is 12.4. The molecule has 0 aliphatic heterocycles. The summed E-state index contributed by atoms with van der Waals surface area (Å²) in [5.41, 5.74) is 0.131. The van der Waals surface area contributed by atoms with Gasteiger partial charge in [-0.15, -0.1) is 5.10 Å². The first kappa shape index (κ1) is 10.1. The summed E-state index contributed by atoms with van der Waals surface area (Å²) in [5.74, 6) is -1.73. The van der Waals surface area contributed by atoms with Crippen molar-refractivity contribution in [3.05, 3.63) is 21.9 Å². The van der Waals surface area contributed by atoms with E-state index in [2.05, 4.69) is 10.2 Å². The minimum atomic E-state index is -1.60. The van der Waals surface area contributed by atoms with Gasteiger partial charge in [-0.2, -0.15) is 0 Å². The zero-order chi connectivity index (χ0) is 10.7. The molecule has 76 valence electrons. The zero-order valence-corrected chi connectivity index (χ0v) is 6.88. The van der Waals surface area contributed by atoms with Crippen LogP contribution in [0.25, 0.3) is 0 Å². The second-order valence-corrected chi connectivity index (χ2v) is 2.56. The highest BCUT2D eigenvalue weighted by atomic mass is 16.6. The maximum Gasteiger partial charge on any atom is 0.342 e. The van der Waals surface area contributed by atoms with E-state index in [0.29, 0.717) is 0 Å². The molecule has 8 nitrogen and oxygen atoms in total. The lowest BCUT2D eigenvalue weighted by Gasteiger charge is -1.99. The van der Waals surface area contributed by atoms with Gasteiger partial charge in [-0.25, -0.2) is 4.79 Å². The highest BCUT2D eigenvalue weighted by Gasteiger charge is 2.18. The van der Waals surface area contributed by atoms with Crippen LogP contribution in [0.2, 0.25) is 0 Å². The fourth-order valence-corrected chi connectivity index (χ4v) is 0.835. The van der Waals surface area contributed by atoms with E-state index < -0.39 is 17.0 Å². The van der Waals surface area contributed by atoms with Crippen molar-refractivity contribution in [3.63, 3.8) is 0 Å². The smallest absolute Gasteiger partial charge is 0.342 e. The summed E-state index contributed by atoms with van der Waals surface area (Å²) in [7, 11) is 0. The molecule has 3 N–H and O–H groups in total. The molecule has 1 rings (SSSR count). The number of aromatic amines is 1. The molecule has 0 aliphatic carbocycles. The van der Waals surface area contributed by atoms with E-state index in [1.807, 2.05) is 0 Å². The lowest BCUT2D eigenvalue weighted by Crippen LogP contribution is -2.22. The Morgan fingerprint density at radius 2 is 2.43 bits per heavy atom. The van der Waals surface area contributed by atoms with Crippen LogP contribution in [-0.4, -0.2) is 37.4 Å². The number of carboxylic acids is 1. The Bertz CT molecular complexity index is 360. The molecule has 8 heteroatoms. The summed E-state index contributed by atoms with van der Waals surface area (Å²) in [6.45, 7) is 0. The summed E-state index contributed by atoms with van der Waals surface area (Å²) < 4.78 is 0. The first-order valence-corrected chi connectivity index (χ1v) is 3.60. The third kappa shape index (κ3) is 2.26. The molecule has 0 spiro atoms. The number of hydrogen-bond acceptors (Lipinski definition) is 5. The van der Waals surface area contributed by atoms with Gasteiger partial charge in [0.15, 0.2) is 6.10 Å². The molecule has 0 fully saturated rings. The maximum absolute atomic E-state index is 10.2. The van der Waals surface area contributed by atoms with Gasteiger partial charge in [0, 0.05) is 6.42 Å². The summed E-state index contributed by atoms with van der Waals surface area (Å²) in [5, 5.41) is 33.0. The second-order valence-electron chi connectivity index (χ2n) is 2.56. The molecule has 0 saturated heterocycles. The van der Waals surface area contributed by atoms with Gasteiger partial charge >= 0.3 is 11.8 Å². The molecule has 14 heavy (non-hydrogen) atoms. The van der Waals surface area contributed by atoms with Crippen molar-refractivity contribution >= 4 is 11.8 Å².